The molecule has 0 aromatic heterocycles. The van der Waals surface area contributed by atoms with E-state index >= 15 is 0 Å². The van der Waals surface area contributed by atoms with Gasteiger partial charge in [0.05, 0.1) is 20.7 Å². The lowest BCUT2D eigenvalue weighted by Crippen LogP contribution is -2.16. The number of aromatic hydroxyl groups is 1. The van der Waals surface area contributed by atoms with Crippen molar-refractivity contribution in [3.8, 4) is 5.75 Å². The van der Waals surface area contributed by atoms with Gasteiger partial charge in [-0.25, -0.2) is 13.2 Å². The number of halogens is 2. The van der Waals surface area contributed by atoms with Crippen molar-refractivity contribution in [2.75, 3.05) is 4.72 Å². The minimum atomic E-state index is -4.61. The fourth-order valence-corrected chi connectivity index (χ4v) is 3.50. The summed E-state index contributed by atoms with van der Waals surface area (Å²) in [4.78, 5) is 20.3. The zero-order valence-electron chi connectivity index (χ0n) is 11.9. The van der Waals surface area contributed by atoms with Gasteiger partial charge in [-0.15, -0.1) is 0 Å². The lowest BCUT2D eigenvalue weighted by molar-refractivity contribution is -0.388. The molecule has 0 bridgehead atoms. The number of benzene rings is 2. The Balaban J connectivity index is 2.62. The highest BCUT2D eigenvalue weighted by Gasteiger charge is 2.32. The van der Waals surface area contributed by atoms with Crippen LogP contribution in [0.25, 0.3) is 0 Å². The molecule has 9 nitrogen and oxygen atoms in total. The van der Waals surface area contributed by atoms with Crippen molar-refractivity contribution < 1.29 is 28.3 Å². The highest BCUT2D eigenvalue weighted by atomic mass is 35.5. The van der Waals surface area contributed by atoms with E-state index in [1.807, 2.05) is 4.72 Å². The number of carboxylic acid groups (broad SMARTS) is 1. The molecule has 0 saturated carbocycles. The maximum absolute atomic E-state index is 12.5. The van der Waals surface area contributed by atoms with E-state index in [0.717, 1.165) is 30.3 Å². The molecule has 2 aromatic rings. The Labute approximate surface area is 150 Å². The van der Waals surface area contributed by atoms with Crippen molar-refractivity contribution in [3.05, 3.63) is 56.1 Å². The van der Waals surface area contributed by atoms with Crippen LogP contribution in [0, 0.1) is 10.1 Å². The van der Waals surface area contributed by atoms with Gasteiger partial charge in [0.2, 0.25) is 0 Å². The molecule has 2 rings (SSSR count). The SMILES string of the molecule is O=C(O)c1cccc(S(=O)(=O)Nc2cc(Cl)c(Cl)cc2O)c1[N+](=O)[O-]. The number of phenolic OH excluding ortho intramolecular Hbond substituents is 1. The highest BCUT2D eigenvalue weighted by molar-refractivity contribution is 7.92. The average Bonchev–Trinajstić information content (AvgIpc) is 2.51. The first-order valence-corrected chi connectivity index (χ1v) is 8.50. The van der Waals surface area contributed by atoms with Gasteiger partial charge in [0.25, 0.3) is 10.0 Å². The van der Waals surface area contributed by atoms with Gasteiger partial charge in [-0.3, -0.25) is 14.8 Å². The van der Waals surface area contributed by atoms with Gasteiger partial charge in [0, 0.05) is 6.07 Å². The summed E-state index contributed by atoms with van der Waals surface area (Å²) >= 11 is 11.4. The minimum Gasteiger partial charge on any atom is -0.506 e. The van der Waals surface area contributed by atoms with Crippen molar-refractivity contribution in [1.82, 2.24) is 0 Å². The minimum absolute atomic E-state index is 0.0408. The van der Waals surface area contributed by atoms with Crippen LogP contribution in [0.15, 0.2) is 35.2 Å². The number of aromatic carboxylic acids is 1. The third-order valence-corrected chi connectivity index (χ3v) is 5.10. The van der Waals surface area contributed by atoms with Gasteiger partial charge in [-0.2, -0.15) is 0 Å². The van der Waals surface area contributed by atoms with Crippen LogP contribution < -0.4 is 4.72 Å². The van der Waals surface area contributed by atoms with Gasteiger partial charge in [-0.1, -0.05) is 29.3 Å². The molecule has 0 aliphatic rings. The van der Waals surface area contributed by atoms with E-state index in [2.05, 4.69) is 0 Å². The van der Waals surface area contributed by atoms with Crippen LogP contribution in [-0.4, -0.2) is 29.5 Å². The number of rotatable bonds is 5. The summed E-state index contributed by atoms with van der Waals surface area (Å²) in [6.07, 6.45) is 0. The number of anilines is 1. The van der Waals surface area contributed by atoms with E-state index in [-0.39, 0.29) is 15.7 Å². The standard InChI is InChI=1S/C13H8Cl2N2O7S/c14-7-4-9(10(18)5-8(7)15)16-25(23,24)11-3-1-2-6(13(19)20)12(11)17(21)22/h1-5,16,18H,(H,19,20). The molecule has 132 valence electrons. The summed E-state index contributed by atoms with van der Waals surface area (Å²) in [5.41, 5.74) is -2.29. The number of carbonyl (C=O) groups is 1. The first-order valence-electron chi connectivity index (χ1n) is 6.26. The Hall–Kier alpha value is -2.56. The molecule has 0 saturated heterocycles. The first-order chi connectivity index (χ1) is 11.5. The second kappa shape index (κ2) is 6.75. The van der Waals surface area contributed by atoms with Crippen molar-refractivity contribution in [2.24, 2.45) is 0 Å². The zero-order valence-corrected chi connectivity index (χ0v) is 14.3. The lowest BCUT2D eigenvalue weighted by Gasteiger charge is -2.11. The van der Waals surface area contributed by atoms with Crippen molar-refractivity contribution in [3.63, 3.8) is 0 Å². The predicted octanol–water partition coefficient (Wildman–Crippen LogP) is 3.11. The second-order valence-electron chi connectivity index (χ2n) is 4.60. The molecule has 0 aliphatic heterocycles. The number of para-hydroxylation sites is 1. The van der Waals surface area contributed by atoms with Gasteiger partial charge in [0.1, 0.15) is 11.3 Å². The number of hydrogen-bond donors (Lipinski definition) is 3. The fraction of sp³-hybridized carbons (Fsp3) is 0. The Morgan fingerprint density at radius 1 is 1.20 bits per heavy atom. The molecule has 0 heterocycles. The van der Waals surface area contributed by atoms with Crippen LogP contribution in [0.2, 0.25) is 10.0 Å². The van der Waals surface area contributed by atoms with Gasteiger partial charge >= 0.3 is 11.7 Å². The van der Waals surface area contributed by atoms with E-state index in [1.165, 1.54) is 0 Å². The summed E-state index contributed by atoms with van der Waals surface area (Å²) in [7, 11) is -4.61. The molecule has 0 fully saturated rings. The predicted molar refractivity (Wildman–Crippen MR) is 89.0 cm³/mol. The van der Waals surface area contributed by atoms with Crippen LogP contribution in [0.1, 0.15) is 10.4 Å². The molecule has 12 heteroatoms. The van der Waals surface area contributed by atoms with E-state index < -0.39 is 42.8 Å². The van der Waals surface area contributed by atoms with Gasteiger partial charge in [-0.05, 0) is 18.2 Å². The molecule has 0 aliphatic carbocycles. The van der Waals surface area contributed by atoms with Gasteiger partial charge in [0.15, 0.2) is 4.90 Å². The van der Waals surface area contributed by atoms with E-state index in [9.17, 15) is 28.4 Å². The molecule has 25 heavy (non-hydrogen) atoms. The molecule has 0 atom stereocenters. The Bertz CT molecular complexity index is 992. The van der Waals surface area contributed by atoms with E-state index in [0.29, 0.717) is 0 Å². The number of phenols is 1. The Morgan fingerprint density at radius 3 is 2.36 bits per heavy atom. The number of hydrogen-bond acceptors (Lipinski definition) is 6. The number of nitrogens with one attached hydrogen (secondary N) is 1. The lowest BCUT2D eigenvalue weighted by atomic mass is 10.2. The monoisotopic (exact) mass is 406 g/mol. The summed E-state index contributed by atoms with van der Waals surface area (Å²) < 4.78 is 26.8. The number of sulfonamides is 1. The topological polar surface area (TPSA) is 147 Å². The fourth-order valence-electron chi connectivity index (χ4n) is 1.92. The van der Waals surface area contributed by atoms with E-state index in [1.54, 1.807) is 0 Å². The Kier molecular flexibility index (Phi) is 5.07. The van der Waals surface area contributed by atoms with Crippen LogP contribution >= 0.6 is 23.2 Å². The van der Waals surface area contributed by atoms with Gasteiger partial charge < -0.3 is 10.2 Å². The second-order valence-corrected chi connectivity index (χ2v) is 7.07. The number of nitro benzene ring substituents is 1. The maximum atomic E-state index is 12.5. The van der Waals surface area contributed by atoms with Crippen LogP contribution in [-0.2, 0) is 10.0 Å². The molecule has 0 radical (unpaired) electrons. The maximum Gasteiger partial charge on any atom is 0.342 e. The molecule has 0 amide bonds. The summed E-state index contributed by atoms with van der Waals surface area (Å²) in [5.74, 6) is -2.24. The van der Waals surface area contributed by atoms with Crippen LogP contribution in [0.5, 0.6) is 5.75 Å². The Morgan fingerprint density at radius 2 is 1.80 bits per heavy atom. The molecular weight excluding hydrogens is 399 g/mol. The average molecular weight is 407 g/mol. The summed E-state index contributed by atoms with van der Waals surface area (Å²) in [6, 6.07) is 4.78. The smallest absolute Gasteiger partial charge is 0.342 e. The third kappa shape index (κ3) is 3.76. The van der Waals surface area contributed by atoms with Crippen molar-refractivity contribution in [1.29, 1.82) is 0 Å². The first kappa shape index (κ1) is 18.8. The number of nitrogens with zero attached hydrogens (tertiary/aromatic N) is 1. The summed E-state index contributed by atoms with van der Waals surface area (Å²) in [6.45, 7) is 0. The third-order valence-electron chi connectivity index (χ3n) is 2.98. The molecule has 0 spiro atoms. The quantitative estimate of drug-likeness (QED) is 0.392. The molecule has 0 unspecified atom stereocenters. The van der Waals surface area contributed by atoms with Crippen LogP contribution in [0.4, 0.5) is 11.4 Å². The van der Waals surface area contributed by atoms with Crippen molar-refractivity contribution in [2.45, 2.75) is 4.90 Å². The number of carboxylic acids is 1. The van der Waals surface area contributed by atoms with E-state index in [4.69, 9.17) is 28.3 Å². The number of nitro groups is 1. The molecular formula is C13H8Cl2N2O7S. The zero-order chi connectivity index (χ0) is 18.9. The van der Waals surface area contributed by atoms with Crippen LogP contribution in [0.3, 0.4) is 0 Å². The largest absolute Gasteiger partial charge is 0.506 e. The molecule has 3 N–H and O–H groups in total. The van der Waals surface area contributed by atoms with Crippen molar-refractivity contribution >= 4 is 50.6 Å². The summed E-state index contributed by atoms with van der Waals surface area (Å²) in [5, 5.41) is 29.8. The molecule has 2 aromatic carbocycles. The highest BCUT2D eigenvalue weighted by Crippen LogP contribution is 2.36. The normalized spacial score (nSPS) is 11.1.